The van der Waals surface area contributed by atoms with Gasteiger partial charge in [0.25, 0.3) is 5.95 Å². The molecular weight excluding hydrogens is 266 g/mol. The molecule has 0 fully saturated rings. The SMILES string of the molecule is CCNc1nc(SC(C)CO)nc(-n2cncn2)n1. The van der Waals surface area contributed by atoms with Crippen molar-refractivity contribution in [2.45, 2.75) is 24.3 Å². The quantitative estimate of drug-likeness (QED) is 0.732. The molecule has 8 nitrogen and oxygen atoms in total. The third-order valence-corrected chi connectivity index (χ3v) is 3.07. The van der Waals surface area contributed by atoms with Crippen LogP contribution in [-0.2, 0) is 0 Å². The standard InChI is InChI=1S/C10H15N7OS/c1-3-12-8-14-9(17-6-11-5-13-17)16-10(15-8)19-7(2)4-18/h5-7,18H,3-4H2,1-2H3,(H,12,14,15,16). The third-order valence-electron chi connectivity index (χ3n) is 2.13. The molecule has 2 N–H and O–H groups in total. The summed E-state index contributed by atoms with van der Waals surface area (Å²) < 4.78 is 1.47. The molecule has 102 valence electrons. The average Bonchev–Trinajstić information content (AvgIpc) is 2.92. The van der Waals surface area contributed by atoms with Gasteiger partial charge in [-0.05, 0) is 6.92 Å². The number of anilines is 1. The van der Waals surface area contributed by atoms with Crippen LogP contribution in [0.3, 0.4) is 0 Å². The van der Waals surface area contributed by atoms with Crippen molar-refractivity contribution >= 4 is 17.7 Å². The number of nitrogens with zero attached hydrogens (tertiary/aromatic N) is 6. The minimum atomic E-state index is 0.0143. The molecule has 0 aliphatic heterocycles. The smallest absolute Gasteiger partial charge is 0.257 e. The lowest BCUT2D eigenvalue weighted by atomic mass is 10.5. The Morgan fingerprint density at radius 3 is 2.89 bits per heavy atom. The number of hydrogen-bond acceptors (Lipinski definition) is 8. The van der Waals surface area contributed by atoms with Crippen molar-refractivity contribution in [3.8, 4) is 5.95 Å². The first-order valence-electron chi connectivity index (χ1n) is 5.85. The van der Waals surface area contributed by atoms with Crippen LogP contribution in [0.15, 0.2) is 17.8 Å². The zero-order valence-electron chi connectivity index (χ0n) is 10.7. The van der Waals surface area contributed by atoms with Gasteiger partial charge >= 0.3 is 0 Å². The highest BCUT2D eigenvalue weighted by molar-refractivity contribution is 7.99. The van der Waals surface area contributed by atoms with E-state index in [2.05, 4.69) is 30.4 Å². The maximum Gasteiger partial charge on any atom is 0.257 e. The second-order valence-electron chi connectivity index (χ2n) is 3.72. The van der Waals surface area contributed by atoms with Crippen molar-refractivity contribution in [1.29, 1.82) is 0 Å². The van der Waals surface area contributed by atoms with Crippen LogP contribution >= 0.6 is 11.8 Å². The molecule has 0 aromatic carbocycles. The topological polar surface area (TPSA) is 102 Å². The van der Waals surface area contributed by atoms with Crippen LogP contribution in [0.25, 0.3) is 5.95 Å². The number of nitrogens with one attached hydrogen (secondary N) is 1. The van der Waals surface area contributed by atoms with E-state index >= 15 is 0 Å². The second-order valence-corrected chi connectivity index (χ2v) is 5.13. The van der Waals surface area contributed by atoms with Gasteiger partial charge in [0.1, 0.15) is 12.7 Å². The lowest BCUT2D eigenvalue weighted by Gasteiger charge is -2.09. The van der Waals surface area contributed by atoms with Crippen LogP contribution in [0.5, 0.6) is 0 Å². The van der Waals surface area contributed by atoms with Gasteiger partial charge in [-0.1, -0.05) is 18.7 Å². The van der Waals surface area contributed by atoms with Crippen LogP contribution in [-0.4, -0.2) is 53.2 Å². The maximum absolute atomic E-state index is 9.09. The fourth-order valence-corrected chi connectivity index (χ4v) is 1.97. The van der Waals surface area contributed by atoms with Crippen LogP contribution in [0.4, 0.5) is 5.95 Å². The van der Waals surface area contributed by atoms with E-state index in [1.165, 1.54) is 29.1 Å². The van der Waals surface area contributed by atoms with Crippen LogP contribution in [0, 0.1) is 0 Å². The fraction of sp³-hybridized carbons (Fsp3) is 0.500. The molecule has 2 heterocycles. The van der Waals surface area contributed by atoms with Gasteiger partial charge in [0.05, 0.1) is 6.61 Å². The van der Waals surface area contributed by atoms with Crippen molar-refractivity contribution in [3.63, 3.8) is 0 Å². The van der Waals surface area contributed by atoms with E-state index in [1.807, 2.05) is 13.8 Å². The molecule has 19 heavy (non-hydrogen) atoms. The summed E-state index contributed by atoms with van der Waals surface area (Å²) in [5, 5.41) is 16.7. The van der Waals surface area contributed by atoms with Gasteiger partial charge in [-0.25, -0.2) is 4.98 Å². The summed E-state index contributed by atoms with van der Waals surface area (Å²) in [7, 11) is 0. The molecule has 0 aliphatic carbocycles. The van der Waals surface area contributed by atoms with E-state index in [-0.39, 0.29) is 11.9 Å². The molecule has 0 radical (unpaired) electrons. The first kappa shape index (κ1) is 13.7. The number of aliphatic hydroxyl groups is 1. The maximum atomic E-state index is 9.09. The van der Waals surface area contributed by atoms with Gasteiger partial charge in [0.2, 0.25) is 5.95 Å². The molecule has 0 bridgehead atoms. The molecule has 0 aliphatic rings. The lowest BCUT2D eigenvalue weighted by molar-refractivity contribution is 0.300. The first-order chi connectivity index (χ1) is 9.22. The van der Waals surface area contributed by atoms with E-state index in [9.17, 15) is 0 Å². The minimum Gasteiger partial charge on any atom is -0.395 e. The van der Waals surface area contributed by atoms with Gasteiger partial charge in [-0.3, -0.25) is 0 Å². The van der Waals surface area contributed by atoms with Crippen molar-refractivity contribution in [2.75, 3.05) is 18.5 Å². The van der Waals surface area contributed by atoms with Crippen LogP contribution in [0.1, 0.15) is 13.8 Å². The predicted molar refractivity (Wildman–Crippen MR) is 71.3 cm³/mol. The summed E-state index contributed by atoms with van der Waals surface area (Å²) in [5.41, 5.74) is 0. The Morgan fingerprint density at radius 1 is 1.42 bits per heavy atom. The summed E-state index contributed by atoms with van der Waals surface area (Å²) in [6.07, 6.45) is 2.94. The molecule has 2 aromatic rings. The molecule has 1 unspecified atom stereocenters. The van der Waals surface area contributed by atoms with Crippen molar-refractivity contribution in [1.82, 2.24) is 29.7 Å². The summed E-state index contributed by atoms with van der Waals surface area (Å²) in [4.78, 5) is 16.7. The summed E-state index contributed by atoms with van der Waals surface area (Å²) in [6, 6.07) is 0. The Labute approximate surface area is 114 Å². The summed E-state index contributed by atoms with van der Waals surface area (Å²) in [5.74, 6) is 0.881. The highest BCUT2D eigenvalue weighted by Crippen LogP contribution is 2.20. The van der Waals surface area contributed by atoms with Gasteiger partial charge in [0, 0.05) is 11.8 Å². The van der Waals surface area contributed by atoms with Crippen molar-refractivity contribution < 1.29 is 5.11 Å². The average molecular weight is 281 g/mol. The summed E-state index contributed by atoms with van der Waals surface area (Å²) in [6.45, 7) is 4.63. The second kappa shape index (κ2) is 6.43. The molecule has 2 rings (SSSR count). The predicted octanol–water partition coefficient (Wildman–Crippen LogP) is 0.357. The monoisotopic (exact) mass is 281 g/mol. The molecule has 0 spiro atoms. The van der Waals surface area contributed by atoms with Gasteiger partial charge in [-0.2, -0.15) is 24.7 Å². The molecule has 0 amide bonds. The van der Waals surface area contributed by atoms with Gasteiger partial charge < -0.3 is 10.4 Å². The minimum absolute atomic E-state index is 0.0143. The number of hydrogen-bond donors (Lipinski definition) is 2. The molecule has 0 saturated carbocycles. The number of aromatic nitrogens is 6. The zero-order valence-corrected chi connectivity index (χ0v) is 11.5. The fourth-order valence-electron chi connectivity index (χ4n) is 1.27. The van der Waals surface area contributed by atoms with Crippen molar-refractivity contribution in [3.05, 3.63) is 12.7 Å². The summed E-state index contributed by atoms with van der Waals surface area (Å²) >= 11 is 1.38. The Kier molecular flexibility index (Phi) is 4.63. The third kappa shape index (κ3) is 3.61. The lowest BCUT2D eigenvalue weighted by Crippen LogP contribution is -2.11. The largest absolute Gasteiger partial charge is 0.395 e. The number of thioether (sulfide) groups is 1. The Hall–Kier alpha value is -1.74. The highest BCUT2D eigenvalue weighted by Gasteiger charge is 2.11. The van der Waals surface area contributed by atoms with E-state index in [0.717, 1.165) is 0 Å². The highest BCUT2D eigenvalue weighted by atomic mass is 32.2. The van der Waals surface area contributed by atoms with Gasteiger partial charge in [0.15, 0.2) is 5.16 Å². The number of rotatable bonds is 6. The number of aliphatic hydroxyl groups excluding tert-OH is 1. The zero-order chi connectivity index (χ0) is 13.7. The Bertz CT molecular complexity index is 519. The van der Waals surface area contributed by atoms with E-state index in [4.69, 9.17) is 5.11 Å². The van der Waals surface area contributed by atoms with E-state index < -0.39 is 0 Å². The van der Waals surface area contributed by atoms with Crippen molar-refractivity contribution in [2.24, 2.45) is 0 Å². The Morgan fingerprint density at radius 2 is 2.26 bits per heavy atom. The first-order valence-corrected chi connectivity index (χ1v) is 6.73. The molecular formula is C10H15N7OS. The molecule has 0 saturated heterocycles. The Balaban J connectivity index is 2.32. The van der Waals surface area contributed by atoms with Crippen LogP contribution < -0.4 is 5.32 Å². The van der Waals surface area contributed by atoms with E-state index in [1.54, 1.807) is 0 Å². The normalized spacial score (nSPS) is 12.4. The molecule has 1 atom stereocenters. The molecule has 9 heteroatoms. The van der Waals surface area contributed by atoms with Crippen LogP contribution in [0.2, 0.25) is 0 Å². The van der Waals surface area contributed by atoms with Gasteiger partial charge in [-0.15, -0.1) is 0 Å². The molecule has 2 aromatic heterocycles. The van der Waals surface area contributed by atoms with E-state index in [0.29, 0.717) is 23.6 Å².